The summed E-state index contributed by atoms with van der Waals surface area (Å²) in [5.41, 5.74) is 1.47. The second-order valence-corrected chi connectivity index (χ2v) is 5.76. The molecule has 18 heavy (non-hydrogen) atoms. The first-order valence-electron chi connectivity index (χ1n) is 6.07. The number of hydrogen-bond donors (Lipinski definition) is 1. The van der Waals surface area contributed by atoms with E-state index in [1.54, 1.807) is 6.07 Å². The Morgan fingerprint density at radius 2 is 2.11 bits per heavy atom. The third-order valence-corrected chi connectivity index (χ3v) is 3.54. The van der Waals surface area contributed by atoms with Crippen molar-refractivity contribution in [2.75, 3.05) is 6.54 Å². The number of aryl methyl sites for hydroxylation is 1. The molecule has 0 bridgehead atoms. The van der Waals surface area contributed by atoms with Crippen LogP contribution in [0.5, 0.6) is 0 Å². The molecule has 0 radical (unpaired) electrons. The second-order valence-electron chi connectivity index (χ2n) is 4.91. The van der Waals surface area contributed by atoms with Crippen LogP contribution >= 0.6 is 15.9 Å². The van der Waals surface area contributed by atoms with Crippen LogP contribution in [0, 0.1) is 18.7 Å². The van der Waals surface area contributed by atoms with Gasteiger partial charge in [-0.2, -0.15) is 0 Å². The molecule has 2 aromatic rings. The van der Waals surface area contributed by atoms with Crippen molar-refractivity contribution in [2.24, 2.45) is 5.92 Å². The molecule has 2 nitrogen and oxygen atoms in total. The normalized spacial score (nSPS) is 11.7. The molecule has 0 spiro atoms. The molecular formula is C14H17BrFNO. The van der Waals surface area contributed by atoms with Crippen molar-refractivity contribution >= 4 is 26.9 Å². The molecule has 0 unspecified atom stereocenters. The quantitative estimate of drug-likeness (QED) is 0.905. The lowest BCUT2D eigenvalue weighted by Gasteiger charge is -2.05. The molecule has 98 valence electrons. The van der Waals surface area contributed by atoms with Gasteiger partial charge in [0.2, 0.25) is 0 Å². The average molecular weight is 314 g/mol. The third-order valence-electron chi connectivity index (χ3n) is 2.92. The van der Waals surface area contributed by atoms with Gasteiger partial charge in [-0.15, -0.1) is 0 Å². The summed E-state index contributed by atoms with van der Waals surface area (Å²) in [5.74, 6) is 1.15. The van der Waals surface area contributed by atoms with Crippen LogP contribution in [0.2, 0.25) is 0 Å². The van der Waals surface area contributed by atoms with Crippen LogP contribution in [0.15, 0.2) is 21.0 Å². The fourth-order valence-corrected chi connectivity index (χ4v) is 2.38. The maximum atomic E-state index is 13.8. The molecule has 4 heteroatoms. The van der Waals surface area contributed by atoms with E-state index in [-0.39, 0.29) is 5.82 Å². The first-order valence-corrected chi connectivity index (χ1v) is 6.86. The standard InChI is InChI=1S/C14H17BrFNO/c1-8(2)6-17-7-12-9(3)13-11(16)5-4-10(15)14(13)18-12/h4-5,8,17H,6-7H2,1-3H3. The lowest BCUT2D eigenvalue weighted by Crippen LogP contribution is -2.18. The Kier molecular flexibility index (Phi) is 4.07. The van der Waals surface area contributed by atoms with Crippen molar-refractivity contribution in [3.8, 4) is 0 Å². The number of halogens is 2. The third kappa shape index (κ3) is 2.59. The first-order chi connectivity index (χ1) is 8.50. The molecule has 0 aliphatic heterocycles. The van der Waals surface area contributed by atoms with Gasteiger partial charge in [0, 0.05) is 5.56 Å². The van der Waals surface area contributed by atoms with Gasteiger partial charge in [-0.05, 0) is 47.4 Å². The lowest BCUT2D eigenvalue weighted by molar-refractivity contribution is 0.482. The minimum Gasteiger partial charge on any atom is -0.458 e. The van der Waals surface area contributed by atoms with Crippen molar-refractivity contribution in [1.82, 2.24) is 5.32 Å². The Morgan fingerprint density at radius 1 is 1.39 bits per heavy atom. The zero-order chi connectivity index (χ0) is 13.3. The SMILES string of the molecule is Cc1c(CNCC(C)C)oc2c(Br)ccc(F)c12. The molecule has 0 saturated carbocycles. The van der Waals surface area contributed by atoms with E-state index in [9.17, 15) is 4.39 Å². The summed E-state index contributed by atoms with van der Waals surface area (Å²) >= 11 is 3.39. The van der Waals surface area contributed by atoms with Crippen LogP contribution in [0.3, 0.4) is 0 Å². The van der Waals surface area contributed by atoms with Gasteiger partial charge in [0.1, 0.15) is 11.6 Å². The van der Waals surface area contributed by atoms with Gasteiger partial charge < -0.3 is 9.73 Å². The Balaban J connectivity index is 2.33. The minimum atomic E-state index is -0.232. The van der Waals surface area contributed by atoms with Crippen LogP contribution < -0.4 is 5.32 Å². The van der Waals surface area contributed by atoms with Crippen molar-refractivity contribution in [3.05, 3.63) is 33.7 Å². The Bertz CT molecular complexity index is 562. The van der Waals surface area contributed by atoms with Gasteiger partial charge in [-0.1, -0.05) is 13.8 Å². The topological polar surface area (TPSA) is 25.2 Å². The molecule has 0 saturated heterocycles. The molecule has 0 aliphatic carbocycles. The van der Waals surface area contributed by atoms with E-state index in [0.717, 1.165) is 22.3 Å². The van der Waals surface area contributed by atoms with Crippen LogP contribution in [0.4, 0.5) is 4.39 Å². The number of fused-ring (bicyclic) bond motifs is 1. The molecule has 1 aromatic heterocycles. The Labute approximate surface area is 115 Å². The fraction of sp³-hybridized carbons (Fsp3) is 0.429. The summed E-state index contributed by atoms with van der Waals surface area (Å²) in [5, 5.41) is 3.89. The zero-order valence-electron chi connectivity index (χ0n) is 10.8. The summed E-state index contributed by atoms with van der Waals surface area (Å²) in [6.07, 6.45) is 0. The molecule has 0 amide bonds. The van der Waals surface area contributed by atoms with Gasteiger partial charge in [0.15, 0.2) is 5.58 Å². The first kappa shape index (κ1) is 13.6. The van der Waals surface area contributed by atoms with Crippen molar-refractivity contribution in [1.29, 1.82) is 0 Å². The second kappa shape index (κ2) is 5.41. The Morgan fingerprint density at radius 3 is 2.72 bits per heavy atom. The van der Waals surface area contributed by atoms with E-state index in [0.29, 0.717) is 23.4 Å². The molecule has 1 aromatic carbocycles. The minimum absolute atomic E-state index is 0.232. The van der Waals surface area contributed by atoms with Gasteiger partial charge in [-0.25, -0.2) is 4.39 Å². The van der Waals surface area contributed by atoms with E-state index in [4.69, 9.17) is 4.42 Å². The summed E-state index contributed by atoms with van der Waals surface area (Å²) in [4.78, 5) is 0. The number of benzene rings is 1. The van der Waals surface area contributed by atoms with E-state index in [1.165, 1.54) is 6.07 Å². The monoisotopic (exact) mass is 313 g/mol. The summed E-state index contributed by atoms with van der Waals surface area (Å²) < 4.78 is 20.3. The molecule has 0 atom stereocenters. The predicted molar refractivity (Wildman–Crippen MR) is 75.2 cm³/mol. The highest BCUT2D eigenvalue weighted by atomic mass is 79.9. The highest BCUT2D eigenvalue weighted by molar-refractivity contribution is 9.10. The maximum Gasteiger partial charge on any atom is 0.151 e. The predicted octanol–water partition coefficient (Wildman–Crippen LogP) is 4.39. The fourth-order valence-electron chi connectivity index (χ4n) is 1.96. The molecule has 1 N–H and O–H groups in total. The van der Waals surface area contributed by atoms with Crippen molar-refractivity contribution in [3.63, 3.8) is 0 Å². The maximum absolute atomic E-state index is 13.8. The van der Waals surface area contributed by atoms with E-state index in [2.05, 4.69) is 35.1 Å². The molecule has 2 rings (SSSR count). The van der Waals surface area contributed by atoms with E-state index >= 15 is 0 Å². The van der Waals surface area contributed by atoms with Crippen LogP contribution in [-0.2, 0) is 6.54 Å². The smallest absolute Gasteiger partial charge is 0.151 e. The lowest BCUT2D eigenvalue weighted by atomic mass is 10.1. The summed E-state index contributed by atoms with van der Waals surface area (Å²) in [6, 6.07) is 3.13. The molecular weight excluding hydrogens is 297 g/mol. The average Bonchev–Trinajstić information content (AvgIpc) is 2.63. The van der Waals surface area contributed by atoms with Gasteiger partial charge in [0.05, 0.1) is 16.4 Å². The highest BCUT2D eigenvalue weighted by Crippen LogP contribution is 2.32. The largest absolute Gasteiger partial charge is 0.458 e. The molecule has 0 aliphatic rings. The van der Waals surface area contributed by atoms with E-state index in [1.807, 2.05) is 6.92 Å². The molecule has 1 heterocycles. The van der Waals surface area contributed by atoms with Gasteiger partial charge >= 0.3 is 0 Å². The van der Waals surface area contributed by atoms with E-state index < -0.39 is 0 Å². The number of furan rings is 1. The van der Waals surface area contributed by atoms with Crippen LogP contribution in [-0.4, -0.2) is 6.54 Å². The van der Waals surface area contributed by atoms with Gasteiger partial charge in [-0.3, -0.25) is 0 Å². The number of hydrogen-bond acceptors (Lipinski definition) is 2. The van der Waals surface area contributed by atoms with Crippen molar-refractivity contribution < 1.29 is 8.81 Å². The summed E-state index contributed by atoms with van der Waals surface area (Å²) in [7, 11) is 0. The van der Waals surface area contributed by atoms with Gasteiger partial charge in [0.25, 0.3) is 0 Å². The number of rotatable bonds is 4. The Hall–Kier alpha value is -0.870. The van der Waals surface area contributed by atoms with Crippen LogP contribution in [0.25, 0.3) is 11.0 Å². The van der Waals surface area contributed by atoms with Crippen molar-refractivity contribution in [2.45, 2.75) is 27.3 Å². The van der Waals surface area contributed by atoms with Crippen LogP contribution in [0.1, 0.15) is 25.2 Å². The molecule has 0 fully saturated rings. The summed E-state index contributed by atoms with van der Waals surface area (Å²) in [6.45, 7) is 7.74. The number of nitrogens with one attached hydrogen (secondary N) is 1. The highest BCUT2D eigenvalue weighted by Gasteiger charge is 2.16. The zero-order valence-corrected chi connectivity index (χ0v) is 12.4.